The predicted octanol–water partition coefficient (Wildman–Crippen LogP) is 2.67. The summed E-state index contributed by atoms with van der Waals surface area (Å²) >= 11 is 0. The summed E-state index contributed by atoms with van der Waals surface area (Å²) in [5, 5.41) is 19.3. The molecule has 0 spiro atoms. The number of nitrogens with zero attached hydrogens (tertiary/aromatic N) is 3. The second kappa shape index (κ2) is 5.97. The molecule has 0 aliphatic heterocycles. The molecule has 1 atom stereocenters. The van der Waals surface area contributed by atoms with Gasteiger partial charge in [-0.15, -0.1) is 10.2 Å². The van der Waals surface area contributed by atoms with Crippen LogP contribution in [0.15, 0.2) is 30.3 Å². The summed E-state index contributed by atoms with van der Waals surface area (Å²) in [6.45, 7) is 1.88. The van der Waals surface area contributed by atoms with E-state index in [1.165, 1.54) is 13.2 Å². The average molecular weight is 272 g/mol. The van der Waals surface area contributed by atoms with Crippen LogP contribution in [0.1, 0.15) is 24.2 Å². The van der Waals surface area contributed by atoms with Crippen LogP contribution in [-0.2, 0) is 0 Å². The van der Waals surface area contributed by atoms with Gasteiger partial charge in [-0.1, -0.05) is 6.07 Å². The van der Waals surface area contributed by atoms with Gasteiger partial charge in [0.15, 0.2) is 17.3 Å². The average Bonchev–Trinajstić information content (AvgIpc) is 2.48. The topological polar surface area (TPSA) is 70.8 Å². The third kappa shape index (κ3) is 3.01. The lowest BCUT2D eigenvalue weighted by molar-refractivity contribution is 0.386. The first kappa shape index (κ1) is 13.7. The van der Waals surface area contributed by atoms with E-state index in [0.29, 0.717) is 5.82 Å². The number of nitriles is 1. The molecule has 0 fully saturated rings. The van der Waals surface area contributed by atoms with Gasteiger partial charge in [0, 0.05) is 0 Å². The first-order chi connectivity index (χ1) is 9.63. The van der Waals surface area contributed by atoms with Crippen molar-refractivity contribution in [2.75, 3.05) is 12.4 Å². The zero-order valence-corrected chi connectivity index (χ0v) is 11.1. The number of hydrogen-bond acceptors (Lipinski definition) is 5. The van der Waals surface area contributed by atoms with Gasteiger partial charge in [0.25, 0.3) is 0 Å². The predicted molar refractivity (Wildman–Crippen MR) is 71.7 cm³/mol. The van der Waals surface area contributed by atoms with Gasteiger partial charge in [0.05, 0.1) is 13.2 Å². The van der Waals surface area contributed by atoms with Crippen molar-refractivity contribution < 1.29 is 9.13 Å². The minimum atomic E-state index is -0.412. The van der Waals surface area contributed by atoms with Crippen molar-refractivity contribution in [2.45, 2.75) is 13.0 Å². The van der Waals surface area contributed by atoms with Crippen molar-refractivity contribution in [1.82, 2.24) is 10.2 Å². The molecule has 0 aliphatic rings. The Labute approximate surface area is 116 Å². The summed E-state index contributed by atoms with van der Waals surface area (Å²) in [7, 11) is 1.42. The fourth-order valence-corrected chi connectivity index (χ4v) is 1.73. The van der Waals surface area contributed by atoms with Crippen molar-refractivity contribution in [2.24, 2.45) is 0 Å². The fraction of sp³-hybridized carbons (Fsp3) is 0.214. The Kier molecular flexibility index (Phi) is 4.11. The maximum Gasteiger partial charge on any atom is 0.165 e. The van der Waals surface area contributed by atoms with Crippen molar-refractivity contribution >= 4 is 5.82 Å². The van der Waals surface area contributed by atoms with Gasteiger partial charge in [-0.3, -0.25) is 0 Å². The van der Waals surface area contributed by atoms with Crippen LogP contribution in [0.2, 0.25) is 0 Å². The van der Waals surface area contributed by atoms with E-state index in [1.54, 1.807) is 24.3 Å². The zero-order valence-electron chi connectivity index (χ0n) is 11.1. The molecule has 1 aromatic carbocycles. The maximum absolute atomic E-state index is 13.6. The number of nitrogens with one attached hydrogen (secondary N) is 1. The molecule has 102 valence electrons. The second-order valence-corrected chi connectivity index (χ2v) is 4.18. The standard InChI is InChI=1S/C14H13FN4O/c1-9(10-3-5-13(20-2)12(15)7-10)17-14-6-4-11(8-16)18-19-14/h3-7,9H,1-2H3,(H,17,19). The molecule has 6 heteroatoms. The molecular weight excluding hydrogens is 259 g/mol. The van der Waals surface area contributed by atoms with Gasteiger partial charge in [-0.2, -0.15) is 5.26 Å². The van der Waals surface area contributed by atoms with Crippen molar-refractivity contribution in [1.29, 1.82) is 5.26 Å². The van der Waals surface area contributed by atoms with Crippen LogP contribution in [-0.4, -0.2) is 17.3 Å². The van der Waals surface area contributed by atoms with Gasteiger partial charge in [-0.25, -0.2) is 4.39 Å². The normalized spacial score (nSPS) is 11.5. The fourth-order valence-electron chi connectivity index (χ4n) is 1.73. The summed E-state index contributed by atoms with van der Waals surface area (Å²) in [6, 6.07) is 9.72. The molecule has 2 aromatic rings. The Balaban J connectivity index is 2.13. The first-order valence-corrected chi connectivity index (χ1v) is 5.98. The molecule has 5 nitrogen and oxygen atoms in total. The smallest absolute Gasteiger partial charge is 0.165 e. The Morgan fingerprint density at radius 1 is 1.30 bits per heavy atom. The molecule has 0 saturated heterocycles. The van der Waals surface area contributed by atoms with E-state index in [9.17, 15) is 4.39 Å². The summed E-state index contributed by atoms with van der Waals surface area (Å²) in [6.07, 6.45) is 0. The number of aromatic nitrogens is 2. The minimum Gasteiger partial charge on any atom is -0.494 e. The van der Waals surface area contributed by atoms with Crippen LogP contribution in [0.4, 0.5) is 10.2 Å². The van der Waals surface area contributed by atoms with E-state index >= 15 is 0 Å². The highest BCUT2D eigenvalue weighted by atomic mass is 19.1. The first-order valence-electron chi connectivity index (χ1n) is 5.98. The largest absolute Gasteiger partial charge is 0.494 e. The van der Waals surface area contributed by atoms with Gasteiger partial charge < -0.3 is 10.1 Å². The molecule has 0 aliphatic carbocycles. The quantitative estimate of drug-likeness (QED) is 0.926. The molecule has 0 bridgehead atoms. The Hall–Kier alpha value is -2.68. The van der Waals surface area contributed by atoms with Crippen molar-refractivity contribution in [3.63, 3.8) is 0 Å². The number of rotatable bonds is 4. The molecule has 0 amide bonds. The number of hydrogen-bond donors (Lipinski definition) is 1. The monoisotopic (exact) mass is 272 g/mol. The number of halogens is 1. The Bertz CT molecular complexity index is 637. The molecule has 0 saturated carbocycles. The van der Waals surface area contributed by atoms with Crippen molar-refractivity contribution in [3.05, 3.63) is 47.4 Å². The van der Waals surface area contributed by atoms with E-state index in [0.717, 1.165) is 5.56 Å². The third-order valence-electron chi connectivity index (χ3n) is 2.82. The number of anilines is 1. The van der Waals surface area contributed by atoms with E-state index < -0.39 is 5.82 Å². The Morgan fingerprint density at radius 2 is 2.10 bits per heavy atom. The molecule has 1 N–H and O–H groups in total. The summed E-state index contributed by atoms with van der Waals surface area (Å²) in [5.41, 5.74) is 1.01. The lowest BCUT2D eigenvalue weighted by Gasteiger charge is -2.15. The minimum absolute atomic E-state index is 0.155. The maximum atomic E-state index is 13.6. The molecule has 1 heterocycles. The van der Waals surface area contributed by atoms with Crippen LogP contribution < -0.4 is 10.1 Å². The summed E-state index contributed by atoms with van der Waals surface area (Å²) in [4.78, 5) is 0. The van der Waals surface area contributed by atoms with Gasteiger partial charge in [0.2, 0.25) is 0 Å². The van der Waals surface area contributed by atoms with Gasteiger partial charge in [-0.05, 0) is 36.8 Å². The highest BCUT2D eigenvalue weighted by molar-refractivity contribution is 5.40. The summed E-state index contributed by atoms with van der Waals surface area (Å²) in [5.74, 6) is 0.316. The van der Waals surface area contributed by atoms with Crippen LogP contribution >= 0.6 is 0 Å². The van der Waals surface area contributed by atoms with Gasteiger partial charge >= 0.3 is 0 Å². The molecule has 1 aromatic heterocycles. The lowest BCUT2D eigenvalue weighted by atomic mass is 10.1. The van der Waals surface area contributed by atoms with Gasteiger partial charge in [0.1, 0.15) is 11.9 Å². The molecule has 20 heavy (non-hydrogen) atoms. The highest BCUT2D eigenvalue weighted by Gasteiger charge is 2.10. The van der Waals surface area contributed by atoms with E-state index in [2.05, 4.69) is 15.5 Å². The van der Waals surface area contributed by atoms with Crippen molar-refractivity contribution in [3.8, 4) is 11.8 Å². The second-order valence-electron chi connectivity index (χ2n) is 4.18. The zero-order chi connectivity index (χ0) is 14.5. The number of benzene rings is 1. The molecule has 1 unspecified atom stereocenters. The SMILES string of the molecule is COc1ccc(C(C)Nc2ccc(C#N)nn2)cc1F. The van der Waals surface area contributed by atoms with E-state index in [4.69, 9.17) is 10.00 Å². The molecular formula is C14H13FN4O. The van der Waals surface area contributed by atoms with Crippen LogP contribution in [0.25, 0.3) is 0 Å². The van der Waals surface area contributed by atoms with Crippen LogP contribution in [0.3, 0.4) is 0 Å². The third-order valence-corrected chi connectivity index (χ3v) is 2.82. The molecule has 2 rings (SSSR count). The number of methoxy groups -OCH3 is 1. The van der Waals surface area contributed by atoms with Crippen LogP contribution in [0.5, 0.6) is 5.75 Å². The lowest BCUT2D eigenvalue weighted by Crippen LogP contribution is -2.09. The Morgan fingerprint density at radius 3 is 2.65 bits per heavy atom. The van der Waals surface area contributed by atoms with Crippen LogP contribution in [0, 0.1) is 17.1 Å². The van der Waals surface area contributed by atoms with E-state index in [1.807, 2.05) is 13.0 Å². The number of ether oxygens (including phenoxy) is 1. The summed E-state index contributed by atoms with van der Waals surface area (Å²) < 4.78 is 18.5. The highest BCUT2D eigenvalue weighted by Crippen LogP contribution is 2.23. The molecule has 0 radical (unpaired) electrons. The van der Waals surface area contributed by atoms with E-state index in [-0.39, 0.29) is 17.5 Å².